The van der Waals surface area contributed by atoms with Crippen molar-refractivity contribution in [3.63, 3.8) is 0 Å². The molecule has 0 spiro atoms. The molecular formula is C20H20N2O4. The van der Waals surface area contributed by atoms with Crippen LogP contribution in [0, 0.1) is 0 Å². The quantitative estimate of drug-likeness (QED) is 0.662. The highest BCUT2D eigenvalue weighted by atomic mass is 16.5. The number of para-hydroxylation sites is 3. The number of ether oxygens (including phenoxy) is 2. The van der Waals surface area contributed by atoms with Crippen LogP contribution in [0.1, 0.15) is 24.3 Å². The summed E-state index contributed by atoms with van der Waals surface area (Å²) in [5.41, 5.74) is 1.68. The molecule has 1 heterocycles. The Morgan fingerprint density at radius 3 is 2.62 bits per heavy atom. The first-order valence-corrected chi connectivity index (χ1v) is 8.40. The van der Waals surface area contributed by atoms with Crippen LogP contribution in [-0.4, -0.2) is 29.6 Å². The summed E-state index contributed by atoms with van der Waals surface area (Å²) in [4.78, 5) is 27.6. The zero-order valence-electron chi connectivity index (χ0n) is 14.6. The lowest BCUT2D eigenvalue weighted by atomic mass is 10.2. The molecule has 0 aliphatic carbocycles. The van der Waals surface area contributed by atoms with Gasteiger partial charge in [0, 0.05) is 10.9 Å². The third-order valence-corrected chi connectivity index (χ3v) is 3.85. The minimum absolute atomic E-state index is 0.306. The lowest BCUT2D eigenvalue weighted by Gasteiger charge is -2.15. The fourth-order valence-corrected chi connectivity index (χ4v) is 2.55. The summed E-state index contributed by atoms with van der Waals surface area (Å²) in [6, 6.07) is 16.3. The molecule has 0 unspecified atom stereocenters. The van der Waals surface area contributed by atoms with Gasteiger partial charge in [0.15, 0.2) is 6.10 Å². The van der Waals surface area contributed by atoms with E-state index in [2.05, 4.69) is 10.3 Å². The van der Waals surface area contributed by atoms with Crippen LogP contribution in [0.4, 0.5) is 5.69 Å². The van der Waals surface area contributed by atoms with Crippen LogP contribution in [0.2, 0.25) is 0 Å². The van der Waals surface area contributed by atoms with Gasteiger partial charge < -0.3 is 19.8 Å². The molecule has 0 aliphatic rings. The predicted octanol–water partition coefficient (Wildman–Crippen LogP) is 3.75. The normalized spacial score (nSPS) is 11.8. The highest BCUT2D eigenvalue weighted by Crippen LogP contribution is 2.24. The monoisotopic (exact) mass is 352 g/mol. The van der Waals surface area contributed by atoms with E-state index in [1.165, 1.54) is 6.92 Å². The van der Waals surface area contributed by atoms with E-state index in [0.717, 1.165) is 10.9 Å². The molecule has 0 saturated carbocycles. The number of aromatic amines is 1. The third-order valence-electron chi connectivity index (χ3n) is 3.85. The highest BCUT2D eigenvalue weighted by molar-refractivity contribution is 5.99. The number of anilines is 1. The Morgan fingerprint density at radius 2 is 1.85 bits per heavy atom. The molecule has 1 atom stereocenters. The van der Waals surface area contributed by atoms with Gasteiger partial charge in [-0.05, 0) is 38.1 Å². The fourth-order valence-electron chi connectivity index (χ4n) is 2.55. The molecular weight excluding hydrogens is 332 g/mol. The molecule has 0 radical (unpaired) electrons. The van der Waals surface area contributed by atoms with Gasteiger partial charge in [-0.25, -0.2) is 4.79 Å². The van der Waals surface area contributed by atoms with E-state index >= 15 is 0 Å². The number of esters is 1. The topological polar surface area (TPSA) is 80.4 Å². The molecule has 0 saturated heterocycles. The SMILES string of the molecule is CCOc1ccccc1NC(=O)[C@@H](C)OC(=O)c1cc2ccccc2[nH]1. The maximum Gasteiger partial charge on any atom is 0.355 e. The van der Waals surface area contributed by atoms with Gasteiger partial charge in [0.2, 0.25) is 0 Å². The number of nitrogens with one attached hydrogen (secondary N) is 2. The Hall–Kier alpha value is -3.28. The lowest BCUT2D eigenvalue weighted by Crippen LogP contribution is -2.30. The minimum atomic E-state index is -0.955. The smallest absolute Gasteiger partial charge is 0.355 e. The third kappa shape index (κ3) is 3.85. The standard InChI is InChI=1S/C20H20N2O4/c1-3-25-18-11-7-6-10-16(18)22-19(23)13(2)26-20(24)17-12-14-8-4-5-9-15(14)21-17/h4-13,21H,3H2,1-2H3,(H,22,23)/t13-/m1/s1. The van der Waals surface area contributed by atoms with Crippen molar-refractivity contribution in [3.8, 4) is 5.75 Å². The van der Waals surface area contributed by atoms with Crippen molar-refractivity contribution < 1.29 is 19.1 Å². The van der Waals surface area contributed by atoms with E-state index < -0.39 is 18.0 Å². The number of rotatable bonds is 6. The maximum absolute atomic E-state index is 12.4. The van der Waals surface area contributed by atoms with Crippen molar-refractivity contribution in [1.29, 1.82) is 0 Å². The lowest BCUT2D eigenvalue weighted by molar-refractivity contribution is -0.123. The van der Waals surface area contributed by atoms with Gasteiger partial charge in [-0.2, -0.15) is 0 Å². The maximum atomic E-state index is 12.4. The molecule has 134 valence electrons. The second kappa shape index (κ2) is 7.74. The first kappa shape index (κ1) is 17.5. The van der Waals surface area contributed by atoms with E-state index in [1.807, 2.05) is 37.3 Å². The van der Waals surface area contributed by atoms with Crippen LogP contribution in [0.3, 0.4) is 0 Å². The number of aromatic nitrogens is 1. The average molecular weight is 352 g/mol. The van der Waals surface area contributed by atoms with Crippen molar-refractivity contribution in [2.24, 2.45) is 0 Å². The second-order valence-corrected chi connectivity index (χ2v) is 5.74. The fraction of sp³-hybridized carbons (Fsp3) is 0.200. The van der Waals surface area contributed by atoms with Crippen molar-refractivity contribution in [2.75, 3.05) is 11.9 Å². The Balaban J connectivity index is 1.66. The van der Waals surface area contributed by atoms with Crippen molar-refractivity contribution in [3.05, 3.63) is 60.3 Å². The molecule has 3 aromatic rings. The van der Waals surface area contributed by atoms with Gasteiger partial charge in [-0.15, -0.1) is 0 Å². The summed E-state index contributed by atoms with van der Waals surface area (Å²) >= 11 is 0. The molecule has 6 nitrogen and oxygen atoms in total. The van der Waals surface area contributed by atoms with E-state index in [0.29, 0.717) is 23.7 Å². The minimum Gasteiger partial charge on any atom is -0.492 e. The summed E-state index contributed by atoms with van der Waals surface area (Å²) in [5.74, 6) is -0.443. The van der Waals surface area contributed by atoms with Gasteiger partial charge in [0.1, 0.15) is 11.4 Å². The number of H-pyrrole nitrogens is 1. The zero-order chi connectivity index (χ0) is 18.5. The first-order valence-electron chi connectivity index (χ1n) is 8.40. The van der Waals surface area contributed by atoms with Gasteiger partial charge in [0.25, 0.3) is 5.91 Å². The van der Waals surface area contributed by atoms with Crippen LogP contribution >= 0.6 is 0 Å². The number of benzene rings is 2. The van der Waals surface area contributed by atoms with Crippen LogP contribution in [0.25, 0.3) is 10.9 Å². The molecule has 3 rings (SSSR count). The highest BCUT2D eigenvalue weighted by Gasteiger charge is 2.21. The Bertz CT molecular complexity index is 899. The summed E-state index contributed by atoms with van der Waals surface area (Å²) in [6.45, 7) is 3.88. The van der Waals surface area contributed by atoms with E-state index in [-0.39, 0.29) is 0 Å². The van der Waals surface area contributed by atoms with E-state index in [1.54, 1.807) is 24.3 Å². The molecule has 1 aromatic heterocycles. The number of hydrogen-bond acceptors (Lipinski definition) is 4. The molecule has 0 aliphatic heterocycles. The summed E-state index contributed by atoms with van der Waals surface area (Å²) < 4.78 is 10.8. The van der Waals surface area contributed by atoms with E-state index in [4.69, 9.17) is 9.47 Å². The predicted molar refractivity (Wildman–Crippen MR) is 99.4 cm³/mol. The summed E-state index contributed by atoms with van der Waals surface area (Å²) in [6.07, 6.45) is -0.955. The Labute approximate surface area is 151 Å². The molecule has 2 N–H and O–H groups in total. The summed E-state index contributed by atoms with van der Waals surface area (Å²) in [7, 11) is 0. The summed E-state index contributed by atoms with van der Waals surface area (Å²) in [5, 5.41) is 3.63. The van der Waals surface area contributed by atoms with Gasteiger partial charge in [0.05, 0.1) is 12.3 Å². The molecule has 2 aromatic carbocycles. The first-order chi connectivity index (χ1) is 12.6. The van der Waals surface area contributed by atoms with Crippen LogP contribution in [0.5, 0.6) is 5.75 Å². The molecule has 0 fully saturated rings. The molecule has 1 amide bonds. The molecule has 0 bridgehead atoms. The largest absolute Gasteiger partial charge is 0.492 e. The van der Waals surface area contributed by atoms with Crippen LogP contribution < -0.4 is 10.1 Å². The number of carbonyl (C=O) groups excluding carboxylic acids is 2. The number of carbonyl (C=O) groups is 2. The van der Waals surface area contributed by atoms with Crippen LogP contribution in [-0.2, 0) is 9.53 Å². The van der Waals surface area contributed by atoms with Crippen molar-refractivity contribution in [2.45, 2.75) is 20.0 Å². The average Bonchev–Trinajstić information content (AvgIpc) is 3.08. The number of amides is 1. The van der Waals surface area contributed by atoms with Crippen molar-refractivity contribution in [1.82, 2.24) is 4.98 Å². The van der Waals surface area contributed by atoms with Crippen molar-refractivity contribution >= 4 is 28.5 Å². The van der Waals surface area contributed by atoms with Gasteiger partial charge in [-0.1, -0.05) is 30.3 Å². The van der Waals surface area contributed by atoms with E-state index in [9.17, 15) is 9.59 Å². The van der Waals surface area contributed by atoms with Gasteiger partial charge >= 0.3 is 5.97 Å². The van der Waals surface area contributed by atoms with Crippen LogP contribution in [0.15, 0.2) is 54.6 Å². The Kier molecular flexibility index (Phi) is 5.22. The molecule has 6 heteroatoms. The van der Waals surface area contributed by atoms with Gasteiger partial charge in [-0.3, -0.25) is 4.79 Å². The number of hydrogen-bond donors (Lipinski definition) is 2. The Morgan fingerprint density at radius 1 is 1.12 bits per heavy atom. The molecule has 26 heavy (non-hydrogen) atoms. The number of fused-ring (bicyclic) bond motifs is 1. The zero-order valence-corrected chi connectivity index (χ0v) is 14.6. The second-order valence-electron chi connectivity index (χ2n) is 5.74.